The van der Waals surface area contributed by atoms with Crippen LogP contribution in [-0.2, 0) is 13.0 Å². The number of nitrogens with one attached hydrogen (secondary N) is 1. The summed E-state index contributed by atoms with van der Waals surface area (Å²) in [5.74, 6) is 0.431. The average Bonchev–Trinajstić information content (AvgIpc) is 3.38. The van der Waals surface area contributed by atoms with Gasteiger partial charge in [-0.05, 0) is 46.0 Å². The van der Waals surface area contributed by atoms with Crippen molar-refractivity contribution in [2.75, 3.05) is 5.73 Å². The highest BCUT2D eigenvalue weighted by Crippen LogP contribution is 2.21. The molecule has 0 unspecified atom stereocenters. The molecule has 0 amide bonds. The molecule has 0 radical (unpaired) electrons. The van der Waals surface area contributed by atoms with E-state index in [9.17, 15) is 0 Å². The Morgan fingerprint density at radius 2 is 1.90 bits per heavy atom. The molecule has 0 bridgehead atoms. The van der Waals surface area contributed by atoms with Gasteiger partial charge in [-0.1, -0.05) is 24.3 Å². The van der Waals surface area contributed by atoms with E-state index in [2.05, 4.69) is 60.8 Å². The van der Waals surface area contributed by atoms with E-state index in [1.165, 1.54) is 5.56 Å². The van der Waals surface area contributed by atoms with Crippen molar-refractivity contribution >= 4 is 17.0 Å². The monoisotopic (exact) mass is 382 g/mol. The average molecular weight is 382 g/mol. The summed E-state index contributed by atoms with van der Waals surface area (Å²) in [6.07, 6.45) is 8.22. The second kappa shape index (κ2) is 7.16. The van der Waals surface area contributed by atoms with Gasteiger partial charge in [0.15, 0.2) is 0 Å². The van der Waals surface area contributed by atoms with E-state index >= 15 is 0 Å². The number of aromatic amines is 1. The van der Waals surface area contributed by atoms with Gasteiger partial charge in [0.1, 0.15) is 11.3 Å². The van der Waals surface area contributed by atoms with Crippen LogP contribution in [0.5, 0.6) is 0 Å². The van der Waals surface area contributed by atoms with Crippen LogP contribution in [0.1, 0.15) is 16.7 Å². The lowest BCUT2D eigenvalue weighted by Crippen LogP contribution is -2.00. The number of nitrogens with two attached hydrogens (primary N) is 1. The minimum absolute atomic E-state index is 0.431. The summed E-state index contributed by atoms with van der Waals surface area (Å²) in [5.41, 5.74) is 12.6. The first kappa shape index (κ1) is 17.1. The minimum Gasteiger partial charge on any atom is -0.384 e. The summed E-state index contributed by atoms with van der Waals surface area (Å²) in [6, 6.07) is 14.3. The molecule has 0 saturated heterocycles. The van der Waals surface area contributed by atoms with E-state index in [1.807, 2.05) is 35.4 Å². The molecule has 1 aromatic carbocycles. The molecular weight excluding hydrogens is 364 g/mol. The first-order valence-electron chi connectivity index (χ1n) is 9.21. The Balaban J connectivity index is 1.36. The van der Waals surface area contributed by atoms with Crippen LogP contribution < -0.4 is 5.73 Å². The molecule has 4 aromatic heterocycles. The fraction of sp³-hybridized carbons (Fsp3) is 0.0952. The molecule has 3 N–H and O–H groups in total. The Labute approximate surface area is 166 Å². The van der Waals surface area contributed by atoms with Gasteiger partial charge in [0, 0.05) is 25.0 Å². The van der Waals surface area contributed by atoms with Gasteiger partial charge in [-0.15, -0.1) is 5.10 Å². The predicted molar refractivity (Wildman–Crippen MR) is 110 cm³/mol. The van der Waals surface area contributed by atoms with E-state index in [0.29, 0.717) is 24.4 Å². The third kappa shape index (κ3) is 3.55. The van der Waals surface area contributed by atoms with Crippen LogP contribution in [0.25, 0.3) is 22.3 Å². The van der Waals surface area contributed by atoms with Crippen molar-refractivity contribution in [1.29, 1.82) is 0 Å². The minimum atomic E-state index is 0.431. The molecule has 8 heteroatoms. The van der Waals surface area contributed by atoms with Crippen molar-refractivity contribution in [2.24, 2.45) is 0 Å². The van der Waals surface area contributed by atoms with Gasteiger partial charge < -0.3 is 5.73 Å². The third-order valence-electron chi connectivity index (χ3n) is 4.74. The fourth-order valence-electron chi connectivity index (χ4n) is 3.43. The number of H-pyrrole nitrogens is 1. The highest BCUT2D eigenvalue weighted by atomic mass is 15.3. The molecule has 0 saturated carbocycles. The number of aromatic nitrogens is 7. The number of anilines is 1. The zero-order chi connectivity index (χ0) is 19.6. The van der Waals surface area contributed by atoms with E-state index in [1.54, 1.807) is 6.20 Å². The number of hydrogen-bond donors (Lipinski definition) is 2. The Bertz CT molecular complexity index is 1270. The van der Waals surface area contributed by atoms with Crippen molar-refractivity contribution < 1.29 is 0 Å². The van der Waals surface area contributed by atoms with Gasteiger partial charge in [-0.25, -0.2) is 4.98 Å². The van der Waals surface area contributed by atoms with Crippen LogP contribution in [0.4, 0.5) is 5.82 Å². The molecule has 29 heavy (non-hydrogen) atoms. The van der Waals surface area contributed by atoms with E-state index in [-0.39, 0.29) is 0 Å². The van der Waals surface area contributed by atoms with Crippen molar-refractivity contribution in [1.82, 2.24) is 35.2 Å². The maximum absolute atomic E-state index is 5.89. The van der Waals surface area contributed by atoms with Crippen LogP contribution >= 0.6 is 0 Å². The standard InChI is InChI=1S/C21H18N8/c22-19-9-18(20-21(25-19)27-28-26-20)8-15-10-24-29(13-15)12-14-3-1-4-16(7-14)17-5-2-6-23-11-17/h1-7,9-11,13H,8,12H2,(H3,22,25,26,27,28). The van der Waals surface area contributed by atoms with Gasteiger partial charge in [0.05, 0.1) is 12.7 Å². The summed E-state index contributed by atoms with van der Waals surface area (Å²) in [6.45, 7) is 0.686. The second-order valence-corrected chi connectivity index (χ2v) is 6.87. The van der Waals surface area contributed by atoms with Gasteiger partial charge in [0.25, 0.3) is 0 Å². The first-order chi connectivity index (χ1) is 14.2. The summed E-state index contributed by atoms with van der Waals surface area (Å²) in [5, 5.41) is 15.3. The van der Waals surface area contributed by atoms with Crippen molar-refractivity contribution in [3.63, 3.8) is 0 Å². The molecule has 5 aromatic rings. The molecule has 5 rings (SSSR count). The van der Waals surface area contributed by atoms with Crippen LogP contribution in [0.15, 0.2) is 67.3 Å². The Hall–Kier alpha value is -4.07. The molecule has 8 nitrogen and oxygen atoms in total. The molecule has 0 spiro atoms. The molecular formula is C21H18N8. The normalized spacial score (nSPS) is 11.2. The number of pyridine rings is 2. The third-order valence-corrected chi connectivity index (χ3v) is 4.74. The highest BCUT2D eigenvalue weighted by Gasteiger charge is 2.10. The SMILES string of the molecule is Nc1cc(Cc2cnn(Cc3cccc(-c4cccnc4)c3)c2)c2n[nH]nc2n1. The number of nitrogens with zero attached hydrogens (tertiary/aromatic N) is 6. The van der Waals surface area contributed by atoms with Crippen molar-refractivity contribution in [3.8, 4) is 11.1 Å². The summed E-state index contributed by atoms with van der Waals surface area (Å²) < 4.78 is 1.93. The second-order valence-electron chi connectivity index (χ2n) is 6.87. The van der Waals surface area contributed by atoms with Crippen molar-refractivity contribution in [3.05, 3.63) is 83.9 Å². The lowest BCUT2D eigenvalue weighted by molar-refractivity contribution is 0.686. The van der Waals surface area contributed by atoms with E-state index < -0.39 is 0 Å². The number of nitrogen functional groups attached to an aromatic ring is 1. The largest absolute Gasteiger partial charge is 0.384 e. The smallest absolute Gasteiger partial charge is 0.203 e. The number of benzene rings is 1. The Morgan fingerprint density at radius 3 is 2.79 bits per heavy atom. The number of fused-ring (bicyclic) bond motifs is 1. The molecule has 4 heterocycles. The van der Waals surface area contributed by atoms with Gasteiger partial charge in [-0.2, -0.15) is 15.4 Å². The predicted octanol–water partition coefficient (Wildman–Crippen LogP) is 2.83. The molecule has 0 aliphatic carbocycles. The zero-order valence-corrected chi connectivity index (χ0v) is 15.5. The number of rotatable bonds is 5. The lowest BCUT2D eigenvalue weighted by atomic mass is 10.0. The van der Waals surface area contributed by atoms with Crippen LogP contribution in [0, 0.1) is 0 Å². The van der Waals surface area contributed by atoms with E-state index in [0.717, 1.165) is 27.8 Å². The maximum Gasteiger partial charge on any atom is 0.203 e. The fourth-order valence-corrected chi connectivity index (χ4v) is 3.43. The first-order valence-corrected chi connectivity index (χ1v) is 9.21. The summed E-state index contributed by atoms with van der Waals surface area (Å²) >= 11 is 0. The summed E-state index contributed by atoms with van der Waals surface area (Å²) in [7, 11) is 0. The highest BCUT2D eigenvalue weighted by molar-refractivity contribution is 5.76. The quantitative estimate of drug-likeness (QED) is 0.483. The zero-order valence-electron chi connectivity index (χ0n) is 15.5. The van der Waals surface area contributed by atoms with Crippen molar-refractivity contribution in [2.45, 2.75) is 13.0 Å². The molecule has 0 aliphatic rings. The molecule has 0 atom stereocenters. The van der Waals surface area contributed by atoms with Crippen LogP contribution in [0.3, 0.4) is 0 Å². The van der Waals surface area contributed by atoms with E-state index in [4.69, 9.17) is 5.73 Å². The topological polar surface area (TPSA) is 111 Å². The van der Waals surface area contributed by atoms with Crippen LogP contribution in [-0.4, -0.2) is 35.2 Å². The van der Waals surface area contributed by atoms with Gasteiger partial charge in [-0.3, -0.25) is 9.67 Å². The van der Waals surface area contributed by atoms with Gasteiger partial charge >= 0.3 is 0 Å². The van der Waals surface area contributed by atoms with Crippen LogP contribution in [0.2, 0.25) is 0 Å². The maximum atomic E-state index is 5.89. The molecule has 142 valence electrons. The lowest BCUT2D eigenvalue weighted by Gasteiger charge is -2.06. The number of hydrogen-bond acceptors (Lipinski definition) is 6. The van der Waals surface area contributed by atoms with Gasteiger partial charge in [0.2, 0.25) is 5.65 Å². The Kier molecular flexibility index (Phi) is 4.21. The molecule has 0 aliphatic heterocycles. The molecule has 0 fully saturated rings. The Morgan fingerprint density at radius 1 is 0.966 bits per heavy atom. The summed E-state index contributed by atoms with van der Waals surface area (Å²) in [4.78, 5) is 8.38.